The lowest BCUT2D eigenvalue weighted by Crippen LogP contribution is -2.30. The van der Waals surface area contributed by atoms with E-state index in [-0.39, 0.29) is 25.2 Å². The van der Waals surface area contributed by atoms with Crippen molar-refractivity contribution >= 4 is 11.9 Å². The molecule has 0 saturated carbocycles. The summed E-state index contributed by atoms with van der Waals surface area (Å²) >= 11 is 0. The van der Waals surface area contributed by atoms with E-state index in [9.17, 15) is 9.59 Å². The normalized spacial score (nSPS) is 12.6. The Kier molecular flexibility index (Phi) is 50.9. The third-order valence-corrected chi connectivity index (χ3v) is 11.6. The molecule has 5 nitrogen and oxygen atoms in total. The SMILES string of the molecule is CC/C=C\C/C=C\C/C=C\C/C=C\C/C=C\CCCCCC(=O)OCC(COCCCCCCCCCCCCCCCCCCCC)OC(=O)CCCCCCCCCCC. The molecule has 0 saturated heterocycles. The maximum Gasteiger partial charge on any atom is 0.306 e. The minimum Gasteiger partial charge on any atom is -0.462 e. The summed E-state index contributed by atoms with van der Waals surface area (Å²) in [5, 5.41) is 0. The molecule has 0 aliphatic rings. The zero-order valence-electron chi connectivity index (χ0n) is 41.4. The van der Waals surface area contributed by atoms with Crippen molar-refractivity contribution in [2.24, 2.45) is 0 Å². The molecule has 0 N–H and O–H groups in total. The third-order valence-electron chi connectivity index (χ3n) is 11.6. The molecule has 0 fully saturated rings. The van der Waals surface area contributed by atoms with E-state index in [0.29, 0.717) is 19.4 Å². The van der Waals surface area contributed by atoms with Crippen LogP contribution in [0.2, 0.25) is 0 Å². The number of ether oxygens (including phenoxy) is 3. The fourth-order valence-electron chi connectivity index (χ4n) is 7.60. The van der Waals surface area contributed by atoms with Crippen molar-refractivity contribution in [3.63, 3.8) is 0 Å². The van der Waals surface area contributed by atoms with Crippen LogP contribution in [0.15, 0.2) is 60.8 Å². The highest BCUT2D eigenvalue weighted by Gasteiger charge is 2.17. The minimum atomic E-state index is -0.545. The van der Waals surface area contributed by atoms with Crippen molar-refractivity contribution in [2.45, 2.75) is 271 Å². The van der Waals surface area contributed by atoms with Crippen molar-refractivity contribution in [3.8, 4) is 0 Å². The topological polar surface area (TPSA) is 61.8 Å². The van der Waals surface area contributed by atoms with Crippen molar-refractivity contribution in [2.75, 3.05) is 19.8 Å². The second kappa shape index (κ2) is 52.9. The number of carbonyl (C=O) groups excluding carboxylic acids is 2. The van der Waals surface area contributed by atoms with Gasteiger partial charge in [0.15, 0.2) is 6.10 Å². The van der Waals surface area contributed by atoms with E-state index in [1.54, 1.807) is 0 Å². The summed E-state index contributed by atoms with van der Waals surface area (Å²) in [6.45, 7) is 7.70. The summed E-state index contributed by atoms with van der Waals surface area (Å²) in [6.07, 6.45) is 66.7. The Morgan fingerprint density at radius 3 is 1.16 bits per heavy atom. The van der Waals surface area contributed by atoms with Gasteiger partial charge >= 0.3 is 11.9 Å². The molecule has 0 aromatic carbocycles. The van der Waals surface area contributed by atoms with Crippen LogP contribution in [0.1, 0.15) is 265 Å². The number of hydrogen-bond donors (Lipinski definition) is 0. The fraction of sp³-hybridized carbons (Fsp3) is 0.789. The van der Waals surface area contributed by atoms with Gasteiger partial charge in [0.05, 0.1) is 6.61 Å². The lowest BCUT2D eigenvalue weighted by molar-refractivity contribution is -0.163. The summed E-state index contributed by atoms with van der Waals surface area (Å²) in [4.78, 5) is 25.3. The molecular formula is C57H102O5. The van der Waals surface area contributed by atoms with E-state index in [1.165, 1.54) is 148 Å². The van der Waals surface area contributed by atoms with Crippen LogP contribution in [0.25, 0.3) is 0 Å². The van der Waals surface area contributed by atoms with E-state index < -0.39 is 6.10 Å². The first-order valence-corrected chi connectivity index (χ1v) is 26.8. The number of carbonyl (C=O) groups is 2. The molecule has 62 heavy (non-hydrogen) atoms. The van der Waals surface area contributed by atoms with Gasteiger partial charge in [0.1, 0.15) is 6.61 Å². The monoisotopic (exact) mass is 867 g/mol. The second-order valence-electron chi connectivity index (χ2n) is 17.8. The van der Waals surface area contributed by atoms with Crippen LogP contribution in [0.3, 0.4) is 0 Å². The highest BCUT2D eigenvalue weighted by atomic mass is 16.6. The van der Waals surface area contributed by atoms with Crippen LogP contribution in [-0.4, -0.2) is 37.9 Å². The van der Waals surface area contributed by atoms with E-state index in [2.05, 4.69) is 81.5 Å². The van der Waals surface area contributed by atoms with Gasteiger partial charge in [-0.2, -0.15) is 0 Å². The lowest BCUT2D eigenvalue weighted by atomic mass is 10.0. The van der Waals surface area contributed by atoms with Crippen LogP contribution in [-0.2, 0) is 23.8 Å². The Balaban J connectivity index is 4.21. The first-order chi connectivity index (χ1) is 30.6. The smallest absolute Gasteiger partial charge is 0.306 e. The van der Waals surface area contributed by atoms with Crippen molar-refractivity contribution in [1.29, 1.82) is 0 Å². The average molecular weight is 867 g/mol. The van der Waals surface area contributed by atoms with Gasteiger partial charge in [-0.3, -0.25) is 9.59 Å². The Morgan fingerprint density at radius 1 is 0.371 bits per heavy atom. The molecule has 1 atom stereocenters. The second-order valence-corrected chi connectivity index (χ2v) is 17.8. The van der Waals surface area contributed by atoms with Gasteiger partial charge in [-0.25, -0.2) is 0 Å². The zero-order valence-corrected chi connectivity index (χ0v) is 41.4. The van der Waals surface area contributed by atoms with Gasteiger partial charge in [-0.05, 0) is 64.2 Å². The van der Waals surface area contributed by atoms with E-state index in [1.807, 2.05) is 0 Å². The summed E-state index contributed by atoms with van der Waals surface area (Å²) in [5.41, 5.74) is 0. The Bertz CT molecular complexity index is 1070. The minimum absolute atomic E-state index is 0.0709. The molecule has 0 rings (SSSR count). The standard InChI is InChI=1S/C57H102O5/c1-4-7-10-13-16-19-21-23-25-27-29-30-32-34-36-39-41-44-47-50-56(58)61-54-55(62-57(59)51-48-45-42-38-18-15-12-9-6-3)53-60-52-49-46-43-40-37-35-33-31-28-26-24-22-20-17-14-11-8-5-2/h7,10,16,19,23,25,29-30,34,36,55H,4-6,8-9,11-15,17-18,20-22,24,26-28,31-33,35,37-54H2,1-3H3/b10-7-,19-16-,25-23-,30-29-,36-34-. The quantitative estimate of drug-likeness (QED) is 0.0346. The molecule has 0 spiro atoms. The molecule has 0 amide bonds. The van der Waals surface area contributed by atoms with E-state index in [4.69, 9.17) is 14.2 Å². The molecule has 0 heterocycles. The molecule has 360 valence electrons. The predicted molar refractivity (Wildman–Crippen MR) is 270 cm³/mol. The van der Waals surface area contributed by atoms with Crippen LogP contribution in [0.5, 0.6) is 0 Å². The summed E-state index contributed by atoms with van der Waals surface area (Å²) in [5.74, 6) is -0.427. The zero-order chi connectivity index (χ0) is 44.9. The number of unbranched alkanes of at least 4 members (excludes halogenated alkanes) is 28. The number of hydrogen-bond acceptors (Lipinski definition) is 5. The van der Waals surface area contributed by atoms with Crippen LogP contribution < -0.4 is 0 Å². The molecule has 0 aromatic rings. The predicted octanol–water partition coefficient (Wildman–Crippen LogP) is 18.1. The maximum absolute atomic E-state index is 12.7. The van der Waals surface area contributed by atoms with Gasteiger partial charge in [0, 0.05) is 19.4 Å². The van der Waals surface area contributed by atoms with Crippen LogP contribution in [0.4, 0.5) is 0 Å². The van der Waals surface area contributed by atoms with Gasteiger partial charge in [-0.1, -0.05) is 248 Å². The van der Waals surface area contributed by atoms with Gasteiger partial charge < -0.3 is 14.2 Å². The largest absolute Gasteiger partial charge is 0.462 e. The highest BCUT2D eigenvalue weighted by Crippen LogP contribution is 2.16. The molecule has 0 aromatic heterocycles. The molecule has 0 aliphatic heterocycles. The molecule has 0 bridgehead atoms. The summed E-state index contributed by atoms with van der Waals surface area (Å²) < 4.78 is 17.4. The van der Waals surface area contributed by atoms with Crippen molar-refractivity contribution in [1.82, 2.24) is 0 Å². The third kappa shape index (κ3) is 50.2. The molecular weight excluding hydrogens is 765 g/mol. The Morgan fingerprint density at radius 2 is 0.726 bits per heavy atom. The molecule has 5 heteroatoms. The van der Waals surface area contributed by atoms with E-state index >= 15 is 0 Å². The Hall–Kier alpha value is -2.40. The fourth-order valence-corrected chi connectivity index (χ4v) is 7.60. The summed E-state index contributed by atoms with van der Waals surface area (Å²) in [6, 6.07) is 0. The van der Waals surface area contributed by atoms with Gasteiger partial charge in [0.2, 0.25) is 0 Å². The van der Waals surface area contributed by atoms with Crippen molar-refractivity contribution in [3.05, 3.63) is 60.8 Å². The first kappa shape index (κ1) is 59.6. The van der Waals surface area contributed by atoms with E-state index in [0.717, 1.165) is 83.5 Å². The number of allylic oxidation sites excluding steroid dienone is 10. The van der Waals surface area contributed by atoms with Gasteiger partial charge in [0.25, 0.3) is 0 Å². The number of rotatable bonds is 49. The summed E-state index contributed by atoms with van der Waals surface area (Å²) in [7, 11) is 0. The number of esters is 2. The lowest BCUT2D eigenvalue weighted by Gasteiger charge is -2.18. The van der Waals surface area contributed by atoms with Crippen molar-refractivity contribution < 1.29 is 23.8 Å². The molecule has 0 radical (unpaired) electrons. The van der Waals surface area contributed by atoms with Crippen LogP contribution >= 0.6 is 0 Å². The maximum atomic E-state index is 12.7. The average Bonchev–Trinajstić information content (AvgIpc) is 3.27. The van der Waals surface area contributed by atoms with Crippen LogP contribution in [0, 0.1) is 0 Å². The van der Waals surface area contributed by atoms with Gasteiger partial charge in [-0.15, -0.1) is 0 Å². The molecule has 0 aliphatic carbocycles. The molecule has 1 unspecified atom stereocenters. The highest BCUT2D eigenvalue weighted by molar-refractivity contribution is 5.70. The first-order valence-electron chi connectivity index (χ1n) is 26.8. The Labute approximate surface area is 385 Å².